The van der Waals surface area contributed by atoms with Crippen LogP contribution < -0.4 is 10.6 Å². The number of nitrogens with one attached hydrogen (secondary N) is 2. The van der Waals surface area contributed by atoms with Crippen molar-refractivity contribution in [2.45, 2.75) is 13.5 Å². The molecule has 0 saturated carbocycles. The maximum atomic E-state index is 4.59. The van der Waals surface area contributed by atoms with Gasteiger partial charge in [0.15, 0.2) is 0 Å². The van der Waals surface area contributed by atoms with Crippen molar-refractivity contribution in [2.24, 2.45) is 0 Å². The quantitative estimate of drug-likeness (QED) is 0.633. The van der Waals surface area contributed by atoms with Crippen LogP contribution in [-0.2, 0) is 6.54 Å². The largest absolute Gasteiger partial charge is 0.366 e. The molecule has 5 heteroatoms. The molecular weight excluding hydrogens is 364 g/mol. The summed E-state index contributed by atoms with van der Waals surface area (Å²) in [6.07, 6.45) is 0. The molecule has 0 radical (unpaired) electrons. The van der Waals surface area contributed by atoms with Gasteiger partial charge in [-0.05, 0) is 24.6 Å². The Labute approximate surface area is 150 Å². The molecule has 4 nitrogen and oxygen atoms in total. The summed E-state index contributed by atoms with van der Waals surface area (Å²) in [5.74, 6) is 1.44. The van der Waals surface area contributed by atoms with E-state index in [4.69, 9.17) is 0 Å². The number of halogens is 1. The summed E-state index contributed by atoms with van der Waals surface area (Å²) < 4.78 is 1.07. The van der Waals surface area contributed by atoms with E-state index in [1.807, 2.05) is 43.3 Å². The van der Waals surface area contributed by atoms with Gasteiger partial charge >= 0.3 is 0 Å². The Morgan fingerprint density at radius 2 is 1.75 bits per heavy atom. The molecule has 122 valence electrons. The minimum absolute atomic E-state index is 0.635. The van der Waals surface area contributed by atoms with Crippen molar-refractivity contribution in [1.82, 2.24) is 9.97 Å². The Hall–Kier alpha value is -2.40. The first-order chi connectivity index (χ1) is 11.7. The van der Waals surface area contributed by atoms with Gasteiger partial charge in [-0.15, -0.1) is 0 Å². The van der Waals surface area contributed by atoms with E-state index in [1.165, 1.54) is 5.56 Å². The van der Waals surface area contributed by atoms with Crippen LogP contribution in [0.25, 0.3) is 11.3 Å². The molecule has 2 N–H and O–H groups in total. The van der Waals surface area contributed by atoms with Gasteiger partial charge in [0.1, 0.15) is 5.82 Å². The van der Waals surface area contributed by atoms with Gasteiger partial charge in [0.05, 0.1) is 5.69 Å². The maximum Gasteiger partial charge on any atom is 0.225 e. The Kier molecular flexibility index (Phi) is 5.43. The van der Waals surface area contributed by atoms with Gasteiger partial charge in [-0.2, -0.15) is 4.98 Å². The zero-order valence-electron chi connectivity index (χ0n) is 13.5. The Morgan fingerprint density at radius 3 is 2.50 bits per heavy atom. The molecule has 0 bridgehead atoms. The van der Waals surface area contributed by atoms with Crippen molar-refractivity contribution in [2.75, 3.05) is 17.2 Å². The Bertz CT molecular complexity index is 805. The molecule has 3 rings (SSSR count). The van der Waals surface area contributed by atoms with Crippen LogP contribution in [0.5, 0.6) is 0 Å². The SMILES string of the molecule is CCNc1nc(NCc2cccc(Br)c2)cc(-c2ccccc2)n1. The van der Waals surface area contributed by atoms with E-state index in [0.717, 1.165) is 28.1 Å². The number of benzene rings is 2. The molecule has 0 fully saturated rings. The molecule has 0 spiro atoms. The van der Waals surface area contributed by atoms with Crippen molar-refractivity contribution in [1.29, 1.82) is 0 Å². The molecule has 2 aromatic carbocycles. The fourth-order valence-electron chi connectivity index (χ4n) is 2.37. The molecule has 0 aliphatic rings. The summed E-state index contributed by atoms with van der Waals surface area (Å²) in [5, 5.41) is 6.58. The van der Waals surface area contributed by atoms with Crippen LogP contribution in [0.15, 0.2) is 65.1 Å². The van der Waals surface area contributed by atoms with Crippen LogP contribution in [-0.4, -0.2) is 16.5 Å². The summed E-state index contributed by atoms with van der Waals surface area (Å²) in [6.45, 7) is 3.52. The summed E-state index contributed by atoms with van der Waals surface area (Å²) in [5.41, 5.74) is 3.16. The zero-order valence-corrected chi connectivity index (χ0v) is 15.0. The van der Waals surface area contributed by atoms with Gasteiger partial charge < -0.3 is 10.6 Å². The van der Waals surface area contributed by atoms with E-state index in [1.54, 1.807) is 0 Å². The highest BCUT2D eigenvalue weighted by molar-refractivity contribution is 9.10. The van der Waals surface area contributed by atoms with E-state index >= 15 is 0 Å². The van der Waals surface area contributed by atoms with Crippen molar-refractivity contribution < 1.29 is 0 Å². The summed E-state index contributed by atoms with van der Waals surface area (Å²) >= 11 is 3.50. The summed E-state index contributed by atoms with van der Waals surface area (Å²) in [7, 11) is 0. The number of rotatable bonds is 6. The minimum atomic E-state index is 0.635. The van der Waals surface area contributed by atoms with Gasteiger partial charge in [-0.1, -0.05) is 58.4 Å². The first-order valence-corrected chi connectivity index (χ1v) is 8.70. The standard InChI is InChI=1S/C19H19BrN4/c1-2-21-19-23-17(15-8-4-3-5-9-15)12-18(24-19)22-13-14-7-6-10-16(20)11-14/h3-12H,2,13H2,1H3,(H2,21,22,23,24). The molecular formula is C19H19BrN4. The van der Waals surface area contributed by atoms with Crippen LogP contribution in [0, 0.1) is 0 Å². The second-order valence-electron chi connectivity index (χ2n) is 5.34. The van der Waals surface area contributed by atoms with Crippen molar-refractivity contribution in [3.8, 4) is 11.3 Å². The molecule has 0 aliphatic carbocycles. The van der Waals surface area contributed by atoms with Crippen LogP contribution in [0.2, 0.25) is 0 Å². The van der Waals surface area contributed by atoms with E-state index in [0.29, 0.717) is 12.5 Å². The lowest BCUT2D eigenvalue weighted by atomic mass is 10.1. The van der Waals surface area contributed by atoms with E-state index < -0.39 is 0 Å². The molecule has 0 saturated heterocycles. The molecule has 0 aliphatic heterocycles. The lowest BCUT2D eigenvalue weighted by molar-refractivity contribution is 1.05. The predicted molar refractivity (Wildman–Crippen MR) is 103 cm³/mol. The predicted octanol–water partition coefficient (Wildman–Crippen LogP) is 4.95. The molecule has 0 atom stereocenters. The fraction of sp³-hybridized carbons (Fsp3) is 0.158. The second kappa shape index (κ2) is 7.93. The highest BCUT2D eigenvalue weighted by atomic mass is 79.9. The molecule has 3 aromatic rings. The third-order valence-electron chi connectivity index (χ3n) is 3.49. The first kappa shape index (κ1) is 16.5. The lowest BCUT2D eigenvalue weighted by Crippen LogP contribution is -2.07. The van der Waals surface area contributed by atoms with E-state index in [9.17, 15) is 0 Å². The molecule has 0 unspecified atom stereocenters. The second-order valence-corrected chi connectivity index (χ2v) is 6.26. The van der Waals surface area contributed by atoms with Crippen LogP contribution in [0.3, 0.4) is 0 Å². The maximum absolute atomic E-state index is 4.59. The highest BCUT2D eigenvalue weighted by Crippen LogP contribution is 2.22. The van der Waals surface area contributed by atoms with Crippen molar-refractivity contribution in [3.05, 3.63) is 70.7 Å². The van der Waals surface area contributed by atoms with Crippen molar-refractivity contribution >= 4 is 27.7 Å². The van der Waals surface area contributed by atoms with Gasteiger partial charge in [0, 0.05) is 29.2 Å². The van der Waals surface area contributed by atoms with E-state index in [-0.39, 0.29) is 0 Å². The van der Waals surface area contributed by atoms with Crippen molar-refractivity contribution in [3.63, 3.8) is 0 Å². The number of nitrogens with zero attached hydrogens (tertiary/aromatic N) is 2. The number of hydrogen-bond acceptors (Lipinski definition) is 4. The number of hydrogen-bond donors (Lipinski definition) is 2. The van der Waals surface area contributed by atoms with E-state index in [2.05, 4.69) is 60.8 Å². The third-order valence-corrected chi connectivity index (χ3v) is 3.99. The fourth-order valence-corrected chi connectivity index (χ4v) is 2.82. The minimum Gasteiger partial charge on any atom is -0.366 e. The highest BCUT2D eigenvalue weighted by Gasteiger charge is 2.06. The molecule has 1 aromatic heterocycles. The summed E-state index contributed by atoms with van der Waals surface area (Å²) in [4.78, 5) is 9.13. The van der Waals surface area contributed by atoms with Crippen LogP contribution >= 0.6 is 15.9 Å². The smallest absolute Gasteiger partial charge is 0.225 e. The normalized spacial score (nSPS) is 10.4. The Balaban J connectivity index is 1.85. The topological polar surface area (TPSA) is 49.8 Å². The molecule has 1 heterocycles. The number of aromatic nitrogens is 2. The lowest BCUT2D eigenvalue weighted by Gasteiger charge is -2.11. The monoisotopic (exact) mass is 382 g/mol. The van der Waals surface area contributed by atoms with Gasteiger partial charge in [-0.25, -0.2) is 4.98 Å². The average molecular weight is 383 g/mol. The van der Waals surface area contributed by atoms with Crippen LogP contribution in [0.4, 0.5) is 11.8 Å². The Morgan fingerprint density at radius 1 is 0.917 bits per heavy atom. The third kappa shape index (κ3) is 4.32. The van der Waals surface area contributed by atoms with Crippen LogP contribution in [0.1, 0.15) is 12.5 Å². The molecule has 24 heavy (non-hydrogen) atoms. The van der Waals surface area contributed by atoms with Gasteiger partial charge in [0.2, 0.25) is 5.95 Å². The first-order valence-electron chi connectivity index (χ1n) is 7.91. The number of anilines is 2. The van der Waals surface area contributed by atoms with Gasteiger partial charge in [-0.3, -0.25) is 0 Å². The van der Waals surface area contributed by atoms with Gasteiger partial charge in [0.25, 0.3) is 0 Å². The average Bonchev–Trinajstić information content (AvgIpc) is 2.61. The summed E-state index contributed by atoms with van der Waals surface area (Å²) in [6, 6.07) is 20.3. The zero-order chi connectivity index (χ0) is 16.8. The molecule has 0 amide bonds.